The average Bonchev–Trinajstić information content (AvgIpc) is 3.01. The third kappa shape index (κ3) is 3.59. The predicted molar refractivity (Wildman–Crippen MR) is 69.4 cm³/mol. The Morgan fingerprint density at radius 1 is 1.41 bits per heavy atom. The maximum atomic E-state index is 9.38. The molecular weight excluding hydrogens is 259 g/mol. The largest absolute Gasteiger partial charge is 0.368 e. The molecule has 1 aliphatic carbocycles. The summed E-state index contributed by atoms with van der Waals surface area (Å²) in [5, 5.41) is 10.9. The normalized spacial score (nSPS) is 24.7. The number of hydrogen-bond acceptors (Lipinski definition) is 2. The van der Waals surface area contributed by atoms with Crippen molar-refractivity contribution >= 4 is 23.2 Å². The first-order valence-electron chi connectivity index (χ1n) is 5.75. The van der Waals surface area contributed by atoms with Crippen LogP contribution < -0.4 is 0 Å². The van der Waals surface area contributed by atoms with Crippen LogP contribution in [0.4, 0.5) is 0 Å². The third-order valence-corrected chi connectivity index (χ3v) is 3.94. The maximum Gasteiger partial charge on any atom is 0.154 e. The zero-order valence-electron chi connectivity index (χ0n) is 9.70. The van der Waals surface area contributed by atoms with Gasteiger partial charge in [-0.3, -0.25) is 0 Å². The Morgan fingerprint density at radius 3 is 2.88 bits per heavy atom. The number of hydrogen-bond donors (Lipinski definition) is 1. The second kappa shape index (κ2) is 5.57. The highest BCUT2D eigenvalue weighted by Gasteiger charge is 2.38. The summed E-state index contributed by atoms with van der Waals surface area (Å²) in [6.45, 7) is 0. The van der Waals surface area contributed by atoms with Crippen LogP contribution in [0.1, 0.15) is 18.4 Å². The summed E-state index contributed by atoms with van der Waals surface area (Å²) in [6, 6.07) is 5.55. The van der Waals surface area contributed by atoms with Crippen molar-refractivity contribution in [1.29, 1.82) is 0 Å². The topological polar surface area (TPSA) is 29.5 Å². The molecule has 1 fully saturated rings. The van der Waals surface area contributed by atoms with Gasteiger partial charge in [0.2, 0.25) is 0 Å². The number of ether oxygens (including phenoxy) is 1. The van der Waals surface area contributed by atoms with E-state index in [4.69, 9.17) is 27.9 Å². The maximum absolute atomic E-state index is 9.38. The summed E-state index contributed by atoms with van der Waals surface area (Å²) in [5.74, 6) is 1.13. The molecule has 17 heavy (non-hydrogen) atoms. The van der Waals surface area contributed by atoms with E-state index in [1.54, 1.807) is 6.07 Å². The van der Waals surface area contributed by atoms with Gasteiger partial charge in [0.15, 0.2) is 6.29 Å². The zero-order valence-corrected chi connectivity index (χ0v) is 11.2. The fraction of sp³-hybridized carbons (Fsp3) is 0.538. The molecule has 0 aliphatic heterocycles. The molecule has 0 bridgehead atoms. The van der Waals surface area contributed by atoms with Crippen molar-refractivity contribution in [2.75, 3.05) is 7.11 Å². The van der Waals surface area contributed by atoms with Gasteiger partial charge >= 0.3 is 0 Å². The Morgan fingerprint density at radius 2 is 2.18 bits per heavy atom. The number of rotatable bonds is 5. The number of aliphatic hydroxyl groups is 1. The lowest BCUT2D eigenvalue weighted by Gasteiger charge is -2.08. The van der Waals surface area contributed by atoms with Crippen LogP contribution in [0.2, 0.25) is 10.0 Å². The molecule has 1 aromatic carbocycles. The number of benzene rings is 1. The Kier molecular flexibility index (Phi) is 4.31. The van der Waals surface area contributed by atoms with Crippen molar-refractivity contribution in [1.82, 2.24) is 0 Å². The smallest absolute Gasteiger partial charge is 0.154 e. The summed E-state index contributed by atoms with van der Waals surface area (Å²) in [6.07, 6.45) is 2.13. The lowest BCUT2D eigenvalue weighted by molar-refractivity contribution is -0.0820. The molecule has 94 valence electrons. The van der Waals surface area contributed by atoms with Gasteiger partial charge in [0.05, 0.1) is 0 Å². The van der Waals surface area contributed by atoms with Crippen LogP contribution in [0.5, 0.6) is 0 Å². The van der Waals surface area contributed by atoms with E-state index >= 15 is 0 Å². The highest BCUT2D eigenvalue weighted by Crippen LogP contribution is 2.45. The fourth-order valence-corrected chi connectivity index (χ4v) is 2.58. The van der Waals surface area contributed by atoms with Crippen molar-refractivity contribution in [2.24, 2.45) is 11.8 Å². The van der Waals surface area contributed by atoms with Crippen LogP contribution in [-0.2, 0) is 11.2 Å². The molecule has 0 aromatic heterocycles. The van der Waals surface area contributed by atoms with E-state index in [1.807, 2.05) is 12.1 Å². The van der Waals surface area contributed by atoms with Crippen molar-refractivity contribution in [3.05, 3.63) is 33.8 Å². The second-order valence-electron chi connectivity index (χ2n) is 4.62. The van der Waals surface area contributed by atoms with Crippen LogP contribution in [-0.4, -0.2) is 18.5 Å². The van der Waals surface area contributed by atoms with Gasteiger partial charge in [0.25, 0.3) is 0 Å². The van der Waals surface area contributed by atoms with E-state index in [2.05, 4.69) is 0 Å². The number of halogens is 2. The van der Waals surface area contributed by atoms with E-state index in [1.165, 1.54) is 7.11 Å². The van der Waals surface area contributed by atoms with E-state index in [0.717, 1.165) is 28.5 Å². The minimum absolute atomic E-state index is 0.542. The highest BCUT2D eigenvalue weighted by atomic mass is 35.5. The van der Waals surface area contributed by atoms with Gasteiger partial charge in [0, 0.05) is 23.6 Å². The van der Waals surface area contributed by atoms with E-state index in [-0.39, 0.29) is 0 Å². The predicted octanol–water partition coefficient (Wildman–Crippen LogP) is 3.53. The Labute approximate surface area is 111 Å². The summed E-state index contributed by atoms with van der Waals surface area (Å²) in [4.78, 5) is 0. The molecule has 0 heterocycles. The van der Waals surface area contributed by atoms with Gasteiger partial charge in [0.1, 0.15) is 0 Å². The first-order valence-corrected chi connectivity index (χ1v) is 6.50. The van der Waals surface area contributed by atoms with E-state index in [0.29, 0.717) is 18.3 Å². The van der Waals surface area contributed by atoms with Crippen LogP contribution in [0, 0.1) is 11.8 Å². The first-order chi connectivity index (χ1) is 8.10. The molecule has 2 rings (SSSR count). The molecule has 0 amide bonds. The Bertz CT molecular complexity index is 395. The van der Waals surface area contributed by atoms with Gasteiger partial charge in [-0.25, -0.2) is 0 Å². The molecule has 1 aliphatic rings. The first kappa shape index (κ1) is 13.2. The summed E-state index contributed by atoms with van der Waals surface area (Å²) < 4.78 is 4.85. The second-order valence-corrected chi connectivity index (χ2v) is 5.47. The number of aliphatic hydroxyl groups excluding tert-OH is 1. The van der Waals surface area contributed by atoms with Crippen molar-refractivity contribution in [3.63, 3.8) is 0 Å². The standard InChI is InChI=1S/C13H16Cl2O2/c1-17-13(16)7-9-4-8(9)5-10-6-11(14)2-3-12(10)15/h2-3,6,8-9,13,16H,4-5,7H2,1H3. The minimum Gasteiger partial charge on any atom is -0.368 e. The molecule has 2 nitrogen and oxygen atoms in total. The lowest BCUT2D eigenvalue weighted by Crippen LogP contribution is -2.10. The van der Waals surface area contributed by atoms with Gasteiger partial charge in [-0.15, -0.1) is 0 Å². The zero-order chi connectivity index (χ0) is 12.4. The molecule has 3 atom stereocenters. The molecule has 1 aromatic rings. The summed E-state index contributed by atoms with van der Waals surface area (Å²) in [7, 11) is 1.52. The molecule has 1 N–H and O–H groups in total. The van der Waals surface area contributed by atoms with Gasteiger partial charge in [-0.2, -0.15) is 0 Å². The molecule has 0 radical (unpaired) electrons. The fourth-order valence-electron chi connectivity index (χ4n) is 2.19. The van der Waals surface area contributed by atoms with Crippen LogP contribution >= 0.6 is 23.2 Å². The van der Waals surface area contributed by atoms with Gasteiger partial charge < -0.3 is 9.84 Å². The molecule has 0 spiro atoms. The highest BCUT2D eigenvalue weighted by molar-refractivity contribution is 6.33. The van der Waals surface area contributed by atoms with Crippen LogP contribution in [0.3, 0.4) is 0 Å². The summed E-state index contributed by atoms with van der Waals surface area (Å²) >= 11 is 12.1. The monoisotopic (exact) mass is 274 g/mol. The summed E-state index contributed by atoms with van der Waals surface area (Å²) in [5.41, 5.74) is 1.10. The van der Waals surface area contributed by atoms with Crippen LogP contribution in [0.15, 0.2) is 18.2 Å². The van der Waals surface area contributed by atoms with Crippen molar-refractivity contribution in [3.8, 4) is 0 Å². The van der Waals surface area contributed by atoms with Gasteiger partial charge in [-0.1, -0.05) is 23.2 Å². The Balaban J connectivity index is 1.89. The molecule has 4 heteroatoms. The molecule has 1 saturated carbocycles. The average molecular weight is 275 g/mol. The van der Waals surface area contributed by atoms with E-state index in [9.17, 15) is 5.11 Å². The molecule has 0 saturated heterocycles. The molecule has 3 unspecified atom stereocenters. The van der Waals surface area contributed by atoms with Gasteiger partial charge in [-0.05, 0) is 48.4 Å². The van der Waals surface area contributed by atoms with Crippen LogP contribution in [0.25, 0.3) is 0 Å². The molecular formula is C13H16Cl2O2. The third-order valence-electron chi connectivity index (χ3n) is 3.34. The Hall–Kier alpha value is -0.280. The quantitative estimate of drug-likeness (QED) is 0.833. The van der Waals surface area contributed by atoms with Crippen molar-refractivity contribution < 1.29 is 9.84 Å². The number of methoxy groups -OCH3 is 1. The lowest BCUT2D eigenvalue weighted by atomic mass is 10.1. The minimum atomic E-state index is -0.639. The van der Waals surface area contributed by atoms with Crippen molar-refractivity contribution in [2.45, 2.75) is 25.6 Å². The SMILES string of the molecule is COC(O)CC1CC1Cc1cc(Cl)ccc1Cl. The van der Waals surface area contributed by atoms with E-state index < -0.39 is 6.29 Å².